The van der Waals surface area contributed by atoms with Crippen molar-refractivity contribution in [2.24, 2.45) is 0 Å². The Morgan fingerprint density at radius 2 is 1.76 bits per heavy atom. The summed E-state index contributed by atoms with van der Waals surface area (Å²) in [6.45, 7) is 0. The molecule has 0 amide bonds. The van der Waals surface area contributed by atoms with Crippen LogP contribution in [0, 0.1) is 3.57 Å². The molecule has 17 heavy (non-hydrogen) atoms. The molecule has 0 fully saturated rings. The number of ketones is 1. The third-order valence-electron chi connectivity index (χ3n) is 2.33. The van der Waals surface area contributed by atoms with Crippen molar-refractivity contribution in [3.8, 4) is 0 Å². The first kappa shape index (κ1) is 12.0. The van der Waals surface area contributed by atoms with Gasteiger partial charge in [0.2, 0.25) is 0 Å². The Morgan fingerprint density at radius 3 is 2.47 bits per heavy atom. The van der Waals surface area contributed by atoms with Gasteiger partial charge in [0, 0.05) is 9.13 Å². The lowest BCUT2D eigenvalue weighted by Gasteiger charge is -1.95. The average Bonchev–Trinajstić information content (AvgIpc) is 2.37. The van der Waals surface area contributed by atoms with Gasteiger partial charge in [-0.3, -0.25) is 4.79 Å². The summed E-state index contributed by atoms with van der Waals surface area (Å²) in [5.74, 6) is 0.0319. The summed E-state index contributed by atoms with van der Waals surface area (Å²) in [5, 5.41) is 0. The zero-order chi connectivity index (χ0) is 12.1. The van der Waals surface area contributed by atoms with E-state index >= 15 is 0 Å². The number of allylic oxidation sites excluding steroid dienone is 1. The summed E-state index contributed by atoms with van der Waals surface area (Å²) in [5.41, 5.74) is 1.76. The van der Waals surface area contributed by atoms with Crippen molar-refractivity contribution < 1.29 is 4.79 Å². The normalized spacial score (nSPS) is 10.6. The molecule has 0 atom stereocenters. The number of halogens is 1. The number of rotatable bonds is 3. The van der Waals surface area contributed by atoms with Crippen molar-refractivity contribution in [2.45, 2.75) is 0 Å². The van der Waals surface area contributed by atoms with Crippen LogP contribution in [0.4, 0.5) is 0 Å². The van der Waals surface area contributed by atoms with E-state index in [1.54, 1.807) is 6.08 Å². The van der Waals surface area contributed by atoms with Crippen LogP contribution in [0.5, 0.6) is 0 Å². The van der Waals surface area contributed by atoms with Crippen LogP contribution in [0.25, 0.3) is 6.08 Å². The van der Waals surface area contributed by atoms with Gasteiger partial charge in [0.05, 0.1) is 0 Å². The van der Waals surface area contributed by atoms with E-state index in [0.717, 1.165) is 14.7 Å². The van der Waals surface area contributed by atoms with Gasteiger partial charge in [-0.1, -0.05) is 48.5 Å². The van der Waals surface area contributed by atoms with E-state index in [4.69, 9.17) is 0 Å². The molecule has 0 aliphatic rings. The van der Waals surface area contributed by atoms with Crippen molar-refractivity contribution in [1.29, 1.82) is 0 Å². The quantitative estimate of drug-likeness (QED) is 0.467. The number of hydrogen-bond donors (Lipinski definition) is 0. The Morgan fingerprint density at radius 1 is 1.00 bits per heavy atom. The van der Waals surface area contributed by atoms with Gasteiger partial charge >= 0.3 is 0 Å². The Bertz CT molecular complexity index is 544. The van der Waals surface area contributed by atoms with Gasteiger partial charge in [0.15, 0.2) is 5.78 Å². The second-order valence-corrected chi connectivity index (χ2v) is 4.86. The van der Waals surface area contributed by atoms with Gasteiger partial charge < -0.3 is 0 Å². The summed E-state index contributed by atoms with van der Waals surface area (Å²) in [6.07, 6.45) is 3.46. The standard InChI is InChI=1S/C15H11IO/c16-14-8-4-5-12(11-14)9-10-15(17)13-6-2-1-3-7-13/h1-11H/b10-9+. The van der Waals surface area contributed by atoms with E-state index in [2.05, 4.69) is 22.6 Å². The third kappa shape index (κ3) is 3.53. The topological polar surface area (TPSA) is 17.1 Å². The predicted octanol–water partition coefficient (Wildman–Crippen LogP) is 4.19. The minimum Gasteiger partial charge on any atom is -0.289 e. The lowest BCUT2D eigenvalue weighted by atomic mass is 10.1. The molecule has 2 aromatic carbocycles. The second kappa shape index (κ2) is 5.77. The molecule has 84 valence electrons. The average molecular weight is 334 g/mol. The molecule has 0 spiro atoms. The number of hydrogen-bond acceptors (Lipinski definition) is 1. The number of carbonyl (C=O) groups excluding carboxylic acids is 1. The lowest BCUT2D eigenvalue weighted by molar-refractivity contribution is 0.104. The van der Waals surface area contributed by atoms with Gasteiger partial charge in [-0.15, -0.1) is 0 Å². The largest absolute Gasteiger partial charge is 0.289 e. The van der Waals surface area contributed by atoms with Crippen molar-refractivity contribution in [1.82, 2.24) is 0 Å². The molecule has 2 rings (SSSR count). The maximum atomic E-state index is 11.8. The van der Waals surface area contributed by atoms with Gasteiger partial charge in [0.25, 0.3) is 0 Å². The molecule has 0 radical (unpaired) electrons. The minimum absolute atomic E-state index is 0.0319. The van der Waals surface area contributed by atoms with Crippen LogP contribution in [-0.2, 0) is 0 Å². The fourth-order valence-corrected chi connectivity index (χ4v) is 2.05. The van der Waals surface area contributed by atoms with Crippen molar-refractivity contribution in [3.05, 3.63) is 75.4 Å². The van der Waals surface area contributed by atoms with E-state index in [9.17, 15) is 4.79 Å². The first-order valence-electron chi connectivity index (χ1n) is 5.29. The minimum atomic E-state index is 0.0319. The van der Waals surface area contributed by atoms with Crippen molar-refractivity contribution in [3.63, 3.8) is 0 Å². The van der Waals surface area contributed by atoms with E-state index in [-0.39, 0.29) is 5.78 Å². The zero-order valence-corrected chi connectivity index (χ0v) is 11.3. The van der Waals surface area contributed by atoms with Crippen LogP contribution in [0.3, 0.4) is 0 Å². The zero-order valence-electron chi connectivity index (χ0n) is 9.14. The predicted molar refractivity (Wildman–Crippen MR) is 79.0 cm³/mol. The van der Waals surface area contributed by atoms with Gasteiger partial charge in [-0.25, -0.2) is 0 Å². The van der Waals surface area contributed by atoms with Crippen LogP contribution in [0.2, 0.25) is 0 Å². The Balaban J connectivity index is 2.14. The fraction of sp³-hybridized carbons (Fsp3) is 0. The lowest BCUT2D eigenvalue weighted by Crippen LogP contribution is -1.92. The smallest absolute Gasteiger partial charge is 0.185 e. The molecule has 0 aliphatic carbocycles. The highest BCUT2D eigenvalue weighted by atomic mass is 127. The molecule has 0 heterocycles. The summed E-state index contributed by atoms with van der Waals surface area (Å²) in [6, 6.07) is 17.3. The first-order valence-corrected chi connectivity index (χ1v) is 6.36. The van der Waals surface area contributed by atoms with Crippen LogP contribution in [0.15, 0.2) is 60.7 Å². The molecule has 0 unspecified atom stereocenters. The number of carbonyl (C=O) groups is 1. The molecule has 0 saturated carbocycles. The molecule has 0 aromatic heterocycles. The maximum Gasteiger partial charge on any atom is 0.185 e. The summed E-state index contributed by atoms with van der Waals surface area (Å²) in [7, 11) is 0. The third-order valence-corrected chi connectivity index (χ3v) is 3.01. The maximum absolute atomic E-state index is 11.8. The first-order chi connectivity index (χ1) is 8.25. The summed E-state index contributed by atoms with van der Waals surface area (Å²) >= 11 is 2.26. The molecular weight excluding hydrogens is 323 g/mol. The van der Waals surface area contributed by atoms with E-state index in [1.165, 1.54) is 0 Å². The van der Waals surface area contributed by atoms with E-state index < -0.39 is 0 Å². The van der Waals surface area contributed by atoms with Crippen LogP contribution in [-0.4, -0.2) is 5.78 Å². The van der Waals surface area contributed by atoms with Gasteiger partial charge in [-0.2, -0.15) is 0 Å². The monoisotopic (exact) mass is 334 g/mol. The highest BCUT2D eigenvalue weighted by Crippen LogP contribution is 2.10. The SMILES string of the molecule is O=C(/C=C/c1cccc(I)c1)c1ccccc1. The molecule has 2 aromatic rings. The van der Waals surface area contributed by atoms with E-state index in [1.807, 2.05) is 60.7 Å². The van der Waals surface area contributed by atoms with Crippen molar-refractivity contribution >= 4 is 34.5 Å². The second-order valence-electron chi connectivity index (χ2n) is 3.62. The Labute approximate surface area is 114 Å². The van der Waals surface area contributed by atoms with Crippen LogP contribution in [0.1, 0.15) is 15.9 Å². The van der Waals surface area contributed by atoms with Crippen LogP contribution >= 0.6 is 22.6 Å². The molecule has 0 bridgehead atoms. The fourth-order valence-electron chi connectivity index (χ4n) is 1.48. The molecule has 0 saturated heterocycles. The van der Waals surface area contributed by atoms with Crippen molar-refractivity contribution in [2.75, 3.05) is 0 Å². The molecule has 1 nitrogen and oxygen atoms in total. The summed E-state index contributed by atoms with van der Waals surface area (Å²) in [4.78, 5) is 11.8. The molecule has 0 aliphatic heterocycles. The Hall–Kier alpha value is -1.42. The molecular formula is C15H11IO. The Kier molecular flexibility index (Phi) is 4.09. The molecule has 0 N–H and O–H groups in total. The molecule has 2 heteroatoms. The van der Waals surface area contributed by atoms with Gasteiger partial charge in [0.1, 0.15) is 0 Å². The van der Waals surface area contributed by atoms with E-state index in [0.29, 0.717) is 0 Å². The summed E-state index contributed by atoms with van der Waals surface area (Å²) < 4.78 is 1.16. The highest BCUT2D eigenvalue weighted by Gasteiger charge is 1.99. The number of benzene rings is 2. The van der Waals surface area contributed by atoms with Gasteiger partial charge in [-0.05, 0) is 46.4 Å². The van der Waals surface area contributed by atoms with Crippen LogP contribution < -0.4 is 0 Å². The highest BCUT2D eigenvalue weighted by molar-refractivity contribution is 14.1.